The molecule has 0 aliphatic carbocycles. The molecule has 5 nitrogen and oxygen atoms in total. The molecular formula is C16H29N5. The van der Waals surface area contributed by atoms with Crippen LogP contribution in [0.25, 0.3) is 0 Å². The molecular weight excluding hydrogens is 262 g/mol. The lowest BCUT2D eigenvalue weighted by molar-refractivity contribution is 0.113. The van der Waals surface area contributed by atoms with Gasteiger partial charge in [0.15, 0.2) is 0 Å². The van der Waals surface area contributed by atoms with Crippen LogP contribution in [0.1, 0.15) is 30.6 Å². The quantitative estimate of drug-likeness (QED) is 0.872. The maximum absolute atomic E-state index is 6.05. The number of aryl methyl sites for hydroxylation is 1. The van der Waals surface area contributed by atoms with Crippen molar-refractivity contribution in [3.63, 3.8) is 0 Å². The molecule has 118 valence electrons. The van der Waals surface area contributed by atoms with Gasteiger partial charge in [-0.15, -0.1) is 0 Å². The van der Waals surface area contributed by atoms with Gasteiger partial charge in [-0.1, -0.05) is 6.92 Å². The molecule has 1 saturated heterocycles. The Hall–Kier alpha value is -1.04. The molecule has 1 aromatic heterocycles. The van der Waals surface area contributed by atoms with Crippen molar-refractivity contribution in [3.8, 4) is 0 Å². The Kier molecular flexibility index (Phi) is 5.67. The number of hydrogen-bond donors (Lipinski definition) is 1. The lowest BCUT2D eigenvalue weighted by Crippen LogP contribution is -2.51. The number of likely N-dealkylation sites (N-methyl/N-ethyl adjacent to an activating group) is 2. The first-order valence-corrected chi connectivity index (χ1v) is 7.95. The summed E-state index contributed by atoms with van der Waals surface area (Å²) >= 11 is 0. The number of aromatic nitrogens is 2. The van der Waals surface area contributed by atoms with E-state index in [0.29, 0.717) is 6.04 Å². The normalized spacial score (nSPS) is 22.4. The van der Waals surface area contributed by atoms with Crippen molar-refractivity contribution >= 4 is 0 Å². The van der Waals surface area contributed by atoms with Crippen LogP contribution >= 0.6 is 0 Å². The van der Waals surface area contributed by atoms with E-state index >= 15 is 0 Å². The lowest BCUT2D eigenvalue weighted by atomic mass is 10.1. The third-order valence-electron chi connectivity index (χ3n) is 4.35. The molecule has 1 fully saturated rings. The van der Waals surface area contributed by atoms with E-state index in [0.717, 1.165) is 56.1 Å². The average Bonchev–Trinajstić information content (AvgIpc) is 2.42. The first kappa shape index (κ1) is 16.3. The maximum atomic E-state index is 6.05. The Morgan fingerprint density at radius 3 is 2.81 bits per heavy atom. The predicted molar refractivity (Wildman–Crippen MR) is 86.4 cm³/mol. The number of piperazine rings is 1. The summed E-state index contributed by atoms with van der Waals surface area (Å²) in [5.41, 5.74) is 8.18. The summed E-state index contributed by atoms with van der Waals surface area (Å²) in [6.45, 7) is 7.49. The third kappa shape index (κ3) is 4.73. The smallest absolute Gasteiger partial charge is 0.130 e. The van der Waals surface area contributed by atoms with E-state index in [4.69, 9.17) is 10.7 Å². The van der Waals surface area contributed by atoms with E-state index in [-0.39, 0.29) is 6.04 Å². The minimum Gasteiger partial charge on any atom is -0.327 e. The van der Waals surface area contributed by atoms with Gasteiger partial charge in [0.1, 0.15) is 5.82 Å². The second-order valence-electron chi connectivity index (χ2n) is 6.39. The molecule has 1 aliphatic rings. The summed E-state index contributed by atoms with van der Waals surface area (Å²) in [4.78, 5) is 14.2. The van der Waals surface area contributed by atoms with Crippen molar-refractivity contribution in [2.75, 3.05) is 33.7 Å². The van der Waals surface area contributed by atoms with E-state index in [1.165, 1.54) is 0 Å². The molecule has 2 unspecified atom stereocenters. The summed E-state index contributed by atoms with van der Waals surface area (Å²) in [6, 6.07) is 2.75. The van der Waals surface area contributed by atoms with Crippen LogP contribution in [0.3, 0.4) is 0 Å². The number of nitrogens with two attached hydrogens (primary N) is 1. The third-order valence-corrected chi connectivity index (χ3v) is 4.35. The molecule has 2 atom stereocenters. The van der Waals surface area contributed by atoms with Gasteiger partial charge in [-0.05, 0) is 33.5 Å². The van der Waals surface area contributed by atoms with Crippen LogP contribution in [-0.4, -0.2) is 65.6 Å². The monoisotopic (exact) mass is 291 g/mol. The fourth-order valence-corrected chi connectivity index (χ4v) is 2.84. The second-order valence-corrected chi connectivity index (χ2v) is 6.39. The van der Waals surface area contributed by atoms with Crippen molar-refractivity contribution in [1.29, 1.82) is 0 Å². The number of rotatable bonds is 5. The molecule has 2 heterocycles. The molecule has 0 radical (unpaired) electrons. The minimum absolute atomic E-state index is 0.190. The fraction of sp³-hybridized carbons (Fsp3) is 0.750. The second kappa shape index (κ2) is 7.29. The van der Waals surface area contributed by atoms with E-state index in [2.05, 4.69) is 41.9 Å². The van der Waals surface area contributed by atoms with Crippen LogP contribution in [-0.2, 0) is 12.8 Å². The van der Waals surface area contributed by atoms with Gasteiger partial charge < -0.3 is 15.5 Å². The Labute approximate surface area is 128 Å². The van der Waals surface area contributed by atoms with Gasteiger partial charge in [-0.25, -0.2) is 9.97 Å². The van der Waals surface area contributed by atoms with Gasteiger partial charge in [0, 0.05) is 55.9 Å². The van der Waals surface area contributed by atoms with Gasteiger partial charge in [0.25, 0.3) is 0 Å². The standard InChI is InChI=1S/C16H29N5/c1-5-13(17)9-14-8-12(2)18-16(19-14)10-15-11-20(3)6-7-21(15)4/h8,13,15H,5-7,9-11,17H2,1-4H3. The molecule has 1 aromatic rings. The van der Waals surface area contributed by atoms with Crippen molar-refractivity contribution < 1.29 is 0 Å². The van der Waals surface area contributed by atoms with Gasteiger partial charge in [-0.2, -0.15) is 0 Å². The zero-order valence-corrected chi connectivity index (χ0v) is 13.8. The maximum Gasteiger partial charge on any atom is 0.130 e. The molecule has 2 N–H and O–H groups in total. The van der Waals surface area contributed by atoms with E-state index in [9.17, 15) is 0 Å². The first-order valence-electron chi connectivity index (χ1n) is 7.95. The Morgan fingerprint density at radius 1 is 1.33 bits per heavy atom. The number of nitrogens with zero attached hydrogens (tertiary/aromatic N) is 4. The molecule has 0 saturated carbocycles. The van der Waals surface area contributed by atoms with Gasteiger partial charge >= 0.3 is 0 Å². The zero-order valence-electron chi connectivity index (χ0n) is 13.8. The van der Waals surface area contributed by atoms with Crippen LogP contribution in [0.4, 0.5) is 0 Å². The van der Waals surface area contributed by atoms with Crippen LogP contribution in [0, 0.1) is 6.92 Å². The van der Waals surface area contributed by atoms with Crippen molar-refractivity contribution in [2.45, 2.75) is 45.2 Å². The molecule has 0 aromatic carbocycles. The van der Waals surface area contributed by atoms with Crippen LogP contribution < -0.4 is 5.73 Å². The highest BCUT2D eigenvalue weighted by atomic mass is 15.3. The van der Waals surface area contributed by atoms with Crippen LogP contribution in [0.2, 0.25) is 0 Å². The van der Waals surface area contributed by atoms with Gasteiger partial charge in [0.05, 0.1) is 0 Å². The average molecular weight is 291 g/mol. The van der Waals surface area contributed by atoms with Crippen LogP contribution in [0.15, 0.2) is 6.07 Å². The molecule has 0 spiro atoms. The molecule has 21 heavy (non-hydrogen) atoms. The molecule has 0 bridgehead atoms. The van der Waals surface area contributed by atoms with Crippen molar-refractivity contribution in [2.24, 2.45) is 5.73 Å². The van der Waals surface area contributed by atoms with E-state index < -0.39 is 0 Å². The SMILES string of the molecule is CCC(N)Cc1cc(C)nc(CC2CN(C)CCN2C)n1. The number of hydrogen-bond acceptors (Lipinski definition) is 5. The summed E-state index contributed by atoms with van der Waals surface area (Å²) in [6.07, 6.45) is 2.73. The lowest BCUT2D eigenvalue weighted by Gasteiger charge is -2.37. The van der Waals surface area contributed by atoms with Crippen molar-refractivity contribution in [1.82, 2.24) is 19.8 Å². The highest BCUT2D eigenvalue weighted by Crippen LogP contribution is 2.12. The Morgan fingerprint density at radius 2 is 2.10 bits per heavy atom. The van der Waals surface area contributed by atoms with Gasteiger partial charge in [0.2, 0.25) is 0 Å². The summed E-state index contributed by atoms with van der Waals surface area (Å²) in [5, 5.41) is 0. The minimum atomic E-state index is 0.190. The summed E-state index contributed by atoms with van der Waals surface area (Å²) in [5.74, 6) is 0.959. The molecule has 5 heteroatoms. The largest absolute Gasteiger partial charge is 0.327 e. The fourth-order valence-electron chi connectivity index (χ4n) is 2.84. The topological polar surface area (TPSA) is 58.3 Å². The first-order chi connectivity index (χ1) is 9.97. The molecule has 2 rings (SSSR count). The van der Waals surface area contributed by atoms with Gasteiger partial charge in [-0.3, -0.25) is 0 Å². The highest BCUT2D eigenvalue weighted by Gasteiger charge is 2.23. The van der Waals surface area contributed by atoms with Crippen molar-refractivity contribution in [3.05, 3.63) is 23.3 Å². The Balaban J connectivity index is 2.08. The Bertz CT molecular complexity index is 462. The molecule has 0 amide bonds. The zero-order chi connectivity index (χ0) is 15.4. The van der Waals surface area contributed by atoms with Crippen LogP contribution in [0.5, 0.6) is 0 Å². The van der Waals surface area contributed by atoms with E-state index in [1.54, 1.807) is 0 Å². The highest BCUT2D eigenvalue weighted by molar-refractivity contribution is 5.12. The van der Waals surface area contributed by atoms with E-state index in [1.807, 2.05) is 6.92 Å². The summed E-state index contributed by atoms with van der Waals surface area (Å²) < 4.78 is 0. The summed E-state index contributed by atoms with van der Waals surface area (Å²) in [7, 11) is 4.38. The molecule has 1 aliphatic heterocycles. The predicted octanol–water partition coefficient (Wildman–Crippen LogP) is 0.853.